The van der Waals surface area contributed by atoms with E-state index in [0.717, 1.165) is 16.7 Å². The van der Waals surface area contributed by atoms with Crippen molar-refractivity contribution in [1.29, 1.82) is 0 Å². The van der Waals surface area contributed by atoms with Crippen LogP contribution in [0.4, 0.5) is 4.79 Å². The van der Waals surface area contributed by atoms with E-state index in [9.17, 15) is 19.5 Å². The fourth-order valence-corrected chi connectivity index (χ4v) is 5.11. The van der Waals surface area contributed by atoms with Crippen LogP contribution in [0.25, 0.3) is 0 Å². The van der Waals surface area contributed by atoms with Crippen molar-refractivity contribution in [2.45, 2.75) is 77.4 Å². The van der Waals surface area contributed by atoms with E-state index in [1.54, 1.807) is 0 Å². The van der Waals surface area contributed by atoms with E-state index >= 15 is 0 Å². The molecule has 0 aromatic heterocycles. The van der Waals surface area contributed by atoms with E-state index in [1.165, 1.54) is 0 Å². The summed E-state index contributed by atoms with van der Waals surface area (Å²) in [4.78, 5) is 38.6. The minimum Gasteiger partial charge on any atom is -0.543 e. The highest BCUT2D eigenvalue weighted by Gasteiger charge is 2.39. The van der Waals surface area contributed by atoms with E-state index in [4.69, 9.17) is 9.16 Å². The van der Waals surface area contributed by atoms with Gasteiger partial charge < -0.3 is 24.9 Å². The summed E-state index contributed by atoms with van der Waals surface area (Å²) in [6, 6.07) is 21.8. The lowest BCUT2D eigenvalue weighted by Crippen LogP contribution is -2.53. The van der Waals surface area contributed by atoms with Crippen molar-refractivity contribution >= 4 is 26.3 Å². The highest BCUT2D eigenvalue weighted by atomic mass is 28.4. The zero-order valence-electron chi connectivity index (χ0n) is 25.3. The van der Waals surface area contributed by atoms with Crippen molar-refractivity contribution < 1.29 is 28.7 Å². The number of nitrogens with one attached hydrogen (secondary N) is 2. The number of amides is 2. The van der Waals surface area contributed by atoms with Crippen molar-refractivity contribution in [3.05, 3.63) is 101 Å². The maximum atomic E-state index is 13.5. The minimum absolute atomic E-state index is 0.0171. The van der Waals surface area contributed by atoms with Crippen LogP contribution in [0, 0.1) is 6.92 Å². The first-order valence-corrected chi connectivity index (χ1v) is 17.0. The molecule has 0 heterocycles. The van der Waals surface area contributed by atoms with Crippen molar-refractivity contribution in [1.82, 2.24) is 10.6 Å². The summed E-state index contributed by atoms with van der Waals surface area (Å²) in [5.74, 6) is -1.19. The summed E-state index contributed by atoms with van der Waals surface area (Å²) in [5, 5.41) is 15.3. The number of benzene rings is 3. The van der Waals surface area contributed by atoms with Crippen molar-refractivity contribution in [2.75, 3.05) is 0 Å². The molecule has 3 aromatic carbocycles. The fourth-order valence-electron chi connectivity index (χ4n) is 4.05. The maximum Gasteiger partial charge on any atom is 0.408 e. The third-order valence-corrected chi connectivity index (χ3v) is 11.9. The van der Waals surface area contributed by atoms with E-state index in [2.05, 4.69) is 44.5 Å². The summed E-state index contributed by atoms with van der Waals surface area (Å²) in [6.45, 7) is 12.6. The van der Waals surface area contributed by atoms with Gasteiger partial charge in [-0.05, 0) is 47.8 Å². The molecule has 0 spiro atoms. The molecule has 9 heteroatoms. The quantitative estimate of drug-likeness (QED) is 0.222. The van der Waals surface area contributed by atoms with Gasteiger partial charge in [-0.3, -0.25) is 4.79 Å². The number of carbonyl (C=O) groups is 3. The summed E-state index contributed by atoms with van der Waals surface area (Å²) >= 11 is 0. The van der Waals surface area contributed by atoms with Crippen LogP contribution in [0.15, 0.2) is 78.9 Å². The first kappa shape index (κ1) is 32.4. The Kier molecular flexibility index (Phi) is 10.9. The molecule has 8 nitrogen and oxygen atoms in total. The van der Waals surface area contributed by atoms with Gasteiger partial charge in [-0.15, -0.1) is 0 Å². The third kappa shape index (κ3) is 9.48. The summed E-state index contributed by atoms with van der Waals surface area (Å²) in [5.41, 5.74) is 3.25. The van der Waals surface area contributed by atoms with Crippen molar-refractivity contribution in [2.24, 2.45) is 0 Å². The first-order valence-electron chi connectivity index (χ1n) is 14.1. The maximum absolute atomic E-state index is 13.5. The molecule has 3 rings (SSSR count). The van der Waals surface area contributed by atoms with Gasteiger partial charge in [0.05, 0.1) is 0 Å². The molecule has 3 aromatic rings. The predicted molar refractivity (Wildman–Crippen MR) is 166 cm³/mol. The smallest absolute Gasteiger partial charge is 0.408 e. The lowest BCUT2D eigenvalue weighted by atomic mass is 10.0. The van der Waals surface area contributed by atoms with E-state index in [-0.39, 0.29) is 24.5 Å². The van der Waals surface area contributed by atoms with Crippen LogP contribution in [0.3, 0.4) is 0 Å². The molecular weight excluding hydrogens is 548 g/mol. The molecule has 0 aliphatic heterocycles. The molecule has 42 heavy (non-hydrogen) atoms. The van der Waals surface area contributed by atoms with Crippen LogP contribution < -0.4 is 15.1 Å². The van der Waals surface area contributed by atoms with Crippen LogP contribution >= 0.6 is 0 Å². The van der Waals surface area contributed by atoms with Gasteiger partial charge >= 0.3 is 12.1 Å². The lowest BCUT2D eigenvalue weighted by Gasteiger charge is -2.37. The minimum atomic E-state index is -2.21. The Hall–Kier alpha value is -4.11. The van der Waals surface area contributed by atoms with Gasteiger partial charge in [0.1, 0.15) is 24.4 Å². The number of ether oxygens (including phenoxy) is 1. The predicted octanol–water partition coefficient (Wildman–Crippen LogP) is 6.03. The Balaban J connectivity index is 1.79. The molecule has 224 valence electrons. The Morgan fingerprint density at radius 3 is 2.00 bits per heavy atom. The average molecular weight is 591 g/mol. The third-order valence-electron chi connectivity index (χ3n) is 7.53. The van der Waals surface area contributed by atoms with Gasteiger partial charge in [-0.1, -0.05) is 99.1 Å². The highest BCUT2D eigenvalue weighted by molar-refractivity contribution is 6.74. The summed E-state index contributed by atoms with van der Waals surface area (Å²) < 4.78 is 11.9. The van der Waals surface area contributed by atoms with Crippen LogP contribution in [-0.4, -0.2) is 43.5 Å². The molecule has 2 amide bonds. The molecule has 0 aliphatic rings. The molecule has 3 N–H and O–H groups in total. The lowest BCUT2D eigenvalue weighted by molar-refractivity contribution is -0.142. The molecule has 0 bridgehead atoms. The first-order chi connectivity index (χ1) is 19.7. The topological polar surface area (TPSA) is 114 Å². The second-order valence-electron chi connectivity index (χ2n) is 12.0. The van der Waals surface area contributed by atoms with E-state index in [1.807, 2.05) is 85.8 Å². The fraction of sp³-hybridized carbons (Fsp3) is 0.364. The zero-order chi connectivity index (χ0) is 30.9. The number of alkyl carbamates (subject to hydrolysis) is 1. The number of hydrogen-bond acceptors (Lipinski definition) is 5. The highest BCUT2D eigenvalue weighted by Crippen LogP contribution is 2.38. The van der Waals surface area contributed by atoms with Crippen molar-refractivity contribution in [3.63, 3.8) is 0 Å². The Bertz CT molecular complexity index is 1360. The van der Waals surface area contributed by atoms with Crippen LogP contribution in [0.2, 0.25) is 18.1 Å². The number of aliphatic carboxylic acids is 1. The summed E-state index contributed by atoms with van der Waals surface area (Å²) in [7, 11) is -2.21. The Labute approximate surface area is 249 Å². The molecule has 0 fully saturated rings. The zero-order valence-corrected chi connectivity index (χ0v) is 26.3. The monoisotopic (exact) mass is 590 g/mol. The molecule has 0 saturated carbocycles. The molecule has 0 unspecified atom stereocenters. The SMILES string of the molecule is Cc1ccc(O[Si](C)(C)C(C)(C)C)c(C[C@H](NC(=O)[C@H](Cc2ccccc2)NC(=O)OCc2ccccc2)C(=O)O)c1. The molecule has 0 aliphatic carbocycles. The molecule has 2 atom stereocenters. The van der Waals surface area contributed by atoms with Gasteiger partial charge in [-0.2, -0.15) is 0 Å². The Morgan fingerprint density at radius 1 is 0.833 bits per heavy atom. The molecule has 0 radical (unpaired) electrons. The largest absolute Gasteiger partial charge is 0.543 e. The van der Waals surface area contributed by atoms with Crippen LogP contribution in [-0.2, 0) is 33.8 Å². The number of carboxylic acids is 1. The standard InChI is InChI=1S/C33H42N2O6Si/c1-23-17-18-29(41-42(5,6)33(2,3)4)26(19-23)21-28(31(37)38)34-30(36)27(20-24-13-9-7-10-14-24)35-32(39)40-22-25-15-11-8-12-16-25/h7-19,27-28H,20-22H2,1-6H3,(H,34,36)(H,35,39)(H,37,38)/t27-,28-/m0/s1. The van der Waals surface area contributed by atoms with Gasteiger partial charge in [0.2, 0.25) is 14.2 Å². The average Bonchev–Trinajstić information content (AvgIpc) is 2.93. The number of hydrogen-bond donors (Lipinski definition) is 3. The van der Waals surface area contributed by atoms with E-state index < -0.39 is 38.4 Å². The number of aryl methyl sites for hydroxylation is 1. The van der Waals surface area contributed by atoms with Gasteiger partial charge in [0, 0.05) is 12.8 Å². The molecule has 0 saturated heterocycles. The Morgan fingerprint density at radius 2 is 1.43 bits per heavy atom. The van der Waals surface area contributed by atoms with Crippen LogP contribution in [0.1, 0.15) is 43.0 Å². The van der Waals surface area contributed by atoms with Gasteiger partial charge in [0.25, 0.3) is 0 Å². The summed E-state index contributed by atoms with van der Waals surface area (Å²) in [6.07, 6.45) is -0.599. The normalized spacial score (nSPS) is 13.0. The van der Waals surface area contributed by atoms with E-state index in [0.29, 0.717) is 11.3 Å². The van der Waals surface area contributed by atoms with Crippen LogP contribution in [0.5, 0.6) is 5.75 Å². The second kappa shape index (κ2) is 14.2. The number of rotatable bonds is 12. The molecular formula is C33H42N2O6Si. The van der Waals surface area contributed by atoms with Crippen molar-refractivity contribution in [3.8, 4) is 5.75 Å². The second-order valence-corrected chi connectivity index (χ2v) is 16.8. The number of carboxylic acid groups (broad SMARTS) is 1. The van der Waals surface area contributed by atoms with Gasteiger partial charge in [-0.25, -0.2) is 9.59 Å². The number of carbonyl (C=O) groups excluding carboxylic acids is 2. The van der Waals surface area contributed by atoms with Gasteiger partial charge in [0.15, 0.2) is 0 Å².